The summed E-state index contributed by atoms with van der Waals surface area (Å²) in [6.07, 6.45) is 7.04. The Bertz CT molecular complexity index is 221. The fourth-order valence-corrected chi connectivity index (χ4v) is 2.76. The van der Waals surface area contributed by atoms with Crippen molar-refractivity contribution in [2.45, 2.75) is 64.5 Å². The van der Waals surface area contributed by atoms with E-state index in [4.69, 9.17) is 0 Å². The zero-order valence-electron chi connectivity index (χ0n) is 11.3. The van der Waals surface area contributed by atoms with Gasteiger partial charge >= 0.3 is 0 Å². The van der Waals surface area contributed by atoms with Gasteiger partial charge < -0.3 is 5.32 Å². The molecule has 0 aromatic rings. The van der Waals surface area contributed by atoms with Crippen molar-refractivity contribution in [3.63, 3.8) is 0 Å². The number of hydrogen-bond acceptors (Lipinski definition) is 2. The number of nitrogens with zero attached hydrogens (tertiary/aromatic N) is 1. The first-order chi connectivity index (χ1) is 7.62. The Morgan fingerprint density at radius 3 is 2.62 bits per heavy atom. The van der Waals surface area contributed by atoms with E-state index in [0.29, 0.717) is 5.54 Å². The summed E-state index contributed by atoms with van der Waals surface area (Å²) in [7, 11) is 0. The van der Waals surface area contributed by atoms with E-state index in [1.807, 2.05) is 0 Å². The summed E-state index contributed by atoms with van der Waals surface area (Å²) in [6, 6.07) is 0.734. The molecule has 1 N–H and O–H groups in total. The summed E-state index contributed by atoms with van der Waals surface area (Å²) in [5, 5.41) is 3.70. The molecule has 94 valence electrons. The van der Waals surface area contributed by atoms with Crippen LogP contribution in [0.2, 0.25) is 0 Å². The molecule has 0 radical (unpaired) electrons. The quantitative estimate of drug-likeness (QED) is 0.772. The Morgan fingerprint density at radius 2 is 2.00 bits per heavy atom. The molecule has 1 saturated carbocycles. The normalized spacial score (nSPS) is 30.6. The Kier molecular flexibility index (Phi) is 3.91. The third-order valence-electron chi connectivity index (χ3n) is 4.26. The zero-order chi connectivity index (χ0) is 11.6. The van der Waals surface area contributed by atoms with Gasteiger partial charge in [-0.2, -0.15) is 0 Å². The molecule has 1 aliphatic carbocycles. The summed E-state index contributed by atoms with van der Waals surface area (Å²) in [5.74, 6) is 1.07. The molecule has 1 aliphatic heterocycles. The molecule has 0 aromatic heterocycles. The standard InChI is InChI=1S/C14H28N2/c1-4-5-13-10-16(9-8-12-6-7-12)14(2,3)11-15-13/h12-13,15H,4-11H2,1-3H3. The predicted molar refractivity (Wildman–Crippen MR) is 69.7 cm³/mol. The summed E-state index contributed by atoms with van der Waals surface area (Å²) >= 11 is 0. The molecule has 0 amide bonds. The van der Waals surface area contributed by atoms with Crippen LogP contribution in [-0.4, -0.2) is 36.1 Å². The first-order valence-corrected chi connectivity index (χ1v) is 7.10. The second kappa shape index (κ2) is 5.05. The van der Waals surface area contributed by atoms with E-state index in [1.165, 1.54) is 45.2 Å². The van der Waals surface area contributed by atoms with Gasteiger partial charge in [-0.05, 0) is 39.2 Å². The van der Waals surface area contributed by atoms with Gasteiger partial charge in [-0.3, -0.25) is 4.90 Å². The van der Waals surface area contributed by atoms with E-state index in [9.17, 15) is 0 Å². The van der Waals surface area contributed by atoms with E-state index in [2.05, 4.69) is 31.0 Å². The van der Waals surface area contributed by atoms with Crippen molar-refractivity contribution in [1.29, 1.82) is 0 Å². The maximum atomic E-state index is 3.70. The topological polar surface area (TPSA) is 15.3 Å². The van der Waals surface area contributed by atoms with Crippen LogP contribution in [0.3, 0.4) is 0 Å². The monoisotopic (exact) mass is 224 g/mol. The lowest BCUT2D eigenvalue weighted by atomic mass is 9.95. The van der Waals surface area contributed by atoms with Gasteiger partial charge in [-0.1, -0.05) is 26.2 Å². The molecule has 16 heavy (non-hydrogen) atoms. The summed E-state index contributed by atoms with van der Waals surface area (Å²) < 4.78 is 0. The average Bonchev–Trinajstić information content (AvgIpc) is 3.03. The lowest BCUT2D eigenvalue weighted by molar-refractivity contribution is 0.0613. The molecule has 0 aromatic carbocycles. The molecule has 2 aliphatic rings. The number of hydrogen-bond donors (Lipinski definition) is 1. The van der Waals surface area contributed by atoms with Gasteiger partial charge in [0.05, 0.1) is 0 Å². The molecular formula is C14H28N2. The van der Waals surface area contributed by atoms with Crippen molar-refractivity contribution in [1.82, 2.24) is 10.2 Å². The van der Waals surface area contributed by atoms with Gasteiger partial charge in [0.1, 0.15) is 0 Å². The number of rotatable bonds is 5. The molecule has 1 heterocycles. The molecule has 1 atom stereocenters. The minimum Gasteiger partial charge on any atom is -0.311 e. The summed E-state index contributed by atoms with van der Waals surface area (Å²) in [5.41, 5.74) is 0.360. The van der Waals surface area contributed by atoms with Crippen molar-refractivity contribution in [3.05, 3.63) is 0 Å². The van der Waals surface area contributed by atoms with Crippen molar-refractivity contribution in [2.24, 2.45) is 5.92 Å². The molecule has 0 bridgehead atoms. The fraction of sp³-hybridized carbons (Fsp3) is 1.00. The van der Waals surface area contributed by atoms with Crippen LogP contribution in [0, 0.1) is 5.92 Å². The Labute approximate surface area is 101 Å². The highest BCUT2D eigenvalue weighted by Gasteiger charge is 2.34. The molecule has 2 rings (SSSR count). The Balaban J connectivity index is 1.83. The SMILES string of the molecule is CCCC1CN(CCC2CC2)C(C)(C)CN1. The zero-order valence-corrected chi connectivity index (χ0v) is 11.3. The second-order valence-electron chi connectivity index (χ2n) is 6.36. The third kappa shape index (κ3) is 3.21. The van der Waals surface area contributed by atoms with Crippen LogP contribution in [0.15, 0.2) is 0 Å². The lowest BCUT2D eigenvalue weighted by Crippen LogP contribution is -2.62. The van der Waals surface area contributed by atoms with Crippen LogP contribution >= 0.6 is 0 Å². The smallest absolute Gasteiger partial charge is 0.0278 e. The maximum absolute atomic E-state index is 3.70. The maximum Gasteiger partial charge on any atom is 0.0278 e. The minimum absolute atomic E-state index is 0.360. The predicted octanol–water partition coefficient (Wildman–Crippen LogP) is 2.64. The van der Waals surface area contributed by atoms with Crippen molar-refractivity contribution < 1.29 is 0 Å². The van der Waals surface area contributed by atoms with E-state index in [1.54, 1.807) is 0 Å². The largest absolute Gasteiger partial charge is 0.311 e. The van der Waals surface area contributed by atoms with Crippen molar-refractivity contribution >= 4 is 0 Å². The molecular weight excluding hydrogens is 196 g/mol. The van der Waals surface area contributed by atoms with Gasteiger partial charge in [0.2, 0.25) is 0 Å². The third-order valence-corrected chi connectivity index (χ3v) is 4.26. The van der Waals surface area contributed by atoms with E-state index in [-0.39, 0.29) is 0 Å². The summed E-state index contributed by atoms with van der Waals surface area (Å²) in [6.45, 7) is 10.8. The fourth-order valence-electron chi connectivity index (χ4n) is 2.76. The van der Waals surface area contributed by atoms with Gasteiger partial charge in [0.15, 0.2) is 0 Å². The minimum atomic E-state index is 0.360. The summed E-state index contributed by atoms with van der Waals surface area (Å²) in [4.78, 5) is 2.72. The molecule has 2 heteroatoms. The molecule has 1 unspecified atom stereocenters. The van der Waals surface area contributed by atoms with E-state index < -0.39 is 0 Å². The Hall–Kier alpha value is -0.0800. The molecule has 1 saturated heterocycles. The van der Waals surface area contributed by atoms with Gasteiger partial charge in [0.25, 0.3) is 0 Å². The Morgan fingerprint density at radius 1 is 1.25 bits per heavy atom. The number of nitrogens with one attached hydrogen (secondary N) is 1. The highest BCUT2D eigenvalue weighted by Crippen LogP contribution is 2.33. The molecule has 2 fully saturated rings. The first-order valence-electron chi connectivity index (χ1n) is 7.10. The van der Waals surface area contributed by atoms with Crippen LogP contribution in [0.25, 0.3) is 0 Å². The average molecular weight is 224 g/mol. The lowest BCUT2D eigenvalue weighted by Gasteiger charge is -2.46. The number of piperazine rings is 1. The van der Waals surface area contributed by atoms with Gasteiger partial charge in [0, 0.05) is 24.7 Å². The van der Waals surface area contributed by atoms with Crippen LogP contribution in [0.4, 0.5) is 0 Å². The molecule has 0 spiro atoms. The molecule has 2 nitrogen and oxygen atoms in total. The first kappa shape index (κ1) is 12.4. The van der Waals surface area contributed by atoms with Crippen LogP contribution in [0.1, 0.15) is 52.9 Å². The highest BCUT2D eigenvalue weighted by atomic mass is 15.3. The van der Waals surface area contributed by atoms with Crippen LogP contribution < -0.4 is 5.32 Å². The van der Waals surface area contributed by atoms with Gasteiger partial charge in [-0.15, -0.1) is 0 Å². The highest BCUT2D eigenvalue weighted by molar-refractivity contribution is 4.93. The van der Waals surface area contributed by atoms with E-state index in [0.717, 1.165) is 18.5 Å². The van der Waals surface area contributed by atoms with Crippen LogP contribution in [0.5, 0.6) is 0 Å². The van der Waals surface area contributed by atoms with Crippen molar-refractivity contribution in [2.75, 3.05) is 19.6 Å². The van der Waals surface area contributed by atoms with Gasteiger partial charge in [-0.25, -0.2) is 0 Å². The second-order valence-corrected chi connectivity index (χ2v) is 6.36. The van der Waals surface area contributed by atoms with Crippen molar-refractivity contribution in [3.8, 4) is 0 Å². The van der Waals surface area contributed by atoms with E-state index >= 15 is 0 Å². The van der Waals surface area contributed by atoms with Crippen LogP contribution in [-0.2, 0) is 0 Å².